The highest BCUT2D eigenvalue weighted by Gasteiger charge is 2.35. The summed E-state index contributed by atoms with van der Waals surface area (Å²) in [4.78, 5) is 26.6. The lowest BCUT2D eigenvalue weighted by Crippen LogP contribution is -2.42. The van der Waals surface area contributed by atoms with Crippen molar-refractivity contribution >= 4 is 34.4 Å². The van der Waals surface area contributed by atoms with Crippen molar-refractivity contribution in [2.75, 3.05) is 6.54 Å². The summed E-state index contributed by atoms with van der Waals surface area (Å²) >= 11 is 6.13. The Morgan fingerprint density at radius 2 is 2.00 bits per heavy atom. The number of benzene rings is 1. The zero-order valence-corrected chi connectivity index (χ0v) is 13.6. The minimum Gasteiger partial charge on any atom is -0.481 e. The summed E-state index contributed by atoms with van der Waals surface area (Å²) < 4.78 is 13.3. The molecule has 7 heteroatoms. The highest BCUT2D eigenvalue weighted by molar-refractivity contribution is 6.38. The molecule has 1 aromatic heterocycles. The number of carboxylic acid groups (broad SMARTS) is 1. The lowest BCUT2D eigenvalue weighted by atomic mass is 9.82. The Kier molecular flexibility index (Phi) is 4.94. The van der Waals surface area contributed by atoms with E-state index >= 15 is 0 Å². The Morgan fingerprint density at radius 1 is 1.35 bits per heavy atom. The molecule has 124 valence electrons. The van der Waals surface area contributed by atoms with Crippen molar-refractivity contribution in [1.29, 1.82) is 0 Å². The van der Waals surface area contributed by atoms with Crippen LogP contribution < -0.4 is 5.32 Å². The van der Waals surface area contributed by atoms with E-state index in [4.69, 9.17) is 11.6 Å². The van der Waals surface area contributed by atoms with Gasteiger partial charge in [0.25, 0.3) is 5.91 Å². The van der Waals surface area contributed by atoms with Crippen LogP contribution in [0.4, 0.5) is 4.39 Å². The minimum absolute atomic E-state index is 0.00573. The molecule has 0 saturated carbocycles. The van der Waals surface area contributed by atoms with E-state index in [0.29, 0.717) is 23.7 Å². The smallest absolute Gasteiger partial charge is 0.311 e. The molecule has 0 saturated heterocycles. The highest BCUT2D eigenvalue weighted by atomic mass is 35.5. The van der Waals surface area contributed by atoms with Gasteiger partial charge in [0.05, 0.1) is 10.4 Å². The van der Waals surface area contributed by atoms with E-state index in [9.17, 15) is 19.1 Å². The van der Waals surface area contributed by atoms with E-state index in [-0.39, 0.29) is 17.3 Å². The topological polar surface area (TPSA) is 82.2 Å². The fraction of sp³-hybridized carbons (Fsp3) is 0.375. The van der Waals surface area contributed by atoms with Crippen LogP contribution in [0.3, 0.4) is 0 Å². The predicted octanol–water partition coefficient (Wildman–Crippen LogP) is 3.58. The number of aliphatic carboxylic acids is 1. The summed E-state index contributed by atoms with van der Waals surface area (Å²) in [6.07, 6.45) is 0.787. The van der Waals surface area contributed by atoms with Crippen LogP contribution in [0.2, 0.25) is 5.02 Å². The van der Waals surface area contributed by atoms with Crippen molar-refractivity contribution < 1.29 is 19.1 Å². The first-order valence-electron chi connectivity index (χ1n) is 7.33. The Morgan fingerprint density at radius 3 is 2.57 bits per heavy atom. The molecule has 2 rings (SSSR count). The molecule has 0 atom stereocenters. The van der Waals surface area contributed by atoms with Gasteiger partial charge in [0.2, 0.25) is 0 Å². The molecule has 3 N–H and O–H groups in total. The van der Waals surface area contributed by atoms with Gasteiger partial charge in [-0.05, 0) is 31.0 Å². The maximum Gasteiger partial charge on any atom is 0.311 e. The number of rotatable bonds is 6. The number of aromatic nitrogens is 1. The van der Waals surface area contributed by atoms with Crippen LogP contribution in [0.1, 0.15) is 37.2 Å². The number of carbonyl (C=O) groups excluding carboxylic acids is 1. The lowest BCUT2D eigenvalue weighted by Gasteiger charge is -2.26. The summed E-state index contributed by atoms with van der Waals surface area (Å²) in [5, 5.41) is 12.5. The molecule has 0 bridgehead atoms. The quantitative estimate of drug-likeness (QED) is 0.751. The average Bonchev–Trinajstić information content (AvgIpc) is 2.85. The summed E-state index contributed by atoms with van der Waals surface area (Å²) in [6, 6.07) is 4.00. The van der Waals surface area contributed by atoms with Crippen LogP contribution in [0.5, 0.6) is 0 Å². The second kappa shape index (κ2) is 6.58. The average molecular weight is 341 g/mol. The van der Waals surface area contributed by atoms with Gasteiger partial charge in [0.15, 0.2) is 0 Å². The zero-order chi connectivity index (χ0) is 17.2. The van der Waals surface area contributed by atoms with E-state index in [0.717, 1.165) is 0 Å². The summed E-state index contributed by atoms with van der Waals surface area (Å²) in [5.74, 6) is -1.92. The molecule has 0 spiro atoms. The highest BCUT2D eigenvalue weighted by Crippen LogP contribution is 2.29. The number of carbonyl (C=O) groups is 2. The molecule has 1 heterocycles. The predicted molar refractivity (Wildman–Crippen MR) is 86.3 cm³/mol. The van der Waals surface area contributed by atoms with E-state index in [1.165, 1.54) is 18.2 Å². The van der Waals surface area contributed by atoms with Crippen molar-refractivity contribution in [2.24, 2.45) is 5.41 Å². The molecule has 0 aliphatic heterocycles. The van der Waals surface area contributed by atoms with Gasteiger partial charge in [-0.1, -0.05) is 25.4 Å². The van der Waals surface area contributed by atoms with Crippen molar-refractivity contribution in [3.05, 3.63) is 34.7 Å². The summed E-state index contributed by atoms with van der Waals surface area (Å²) in [7, 11) is 0. The Labute approximate surface area is 137 Å². The maximum atomic E-state index is 13.3. The number of fused-ring (bicyclic) bond motifs is 1. The molecule has 2 aromatic rings. The molecular weight excluding hydrogens is 323 g/mol. The number of hydrogen-bond donors (Lipinski definition) is 3. The second-order valence-electron chi connectivity index (χ2n) is 5.48. The van der Waals surface area contributed by atoms with Crippen LogP contribution in [0, 0.1) is 11.2 Å². The second-order valence-corrected chi connectivity index (χ2v) is 5.86. The van der Waals surface area contributed by atoms with E-state index < -0.39 is 23.1 Å². The van der Waals surface area contributed by atoms with Crippen molar-refractivity contribution in [2.45, 2.75) is 26.7 Å². The van der Waals surface area contributed by atoms with Gasteiger partial charge in [-0.3, -0.25) is 9.59 Å². The first-order chi connectivity index (χ1) is 10.8. The van der Waals surface area contributed by atoms with Crippen LogP contribution in [0.15, 0.2) is 18.2 Å². The maximum absolute atomic E-state index is 13.3. The Balaban J connectivity index is 2.24. The third-order valence-corrected chi connectivity index (χ3v) is 4.71. The Bertz CT molecular complexity index is 753. The number of nitrogens with one attached hydrogen (secondary N) is 2. The standard InChI is InChI=1S/C16H18ClFN2O3/c1-3-16(4-2,15(22)23)8-19-14(21)13-12(17)10-7-9(18)5-6-11(10)20-13/h5-7,20H,3-4,8H2,1-2H3,(H,19,21)(H,22,23). The molecule has 23 heavy (non-hydrogen) atoms. The summed E-state index contributed by atoms with van der Waals surface area (Å²) in [6.45, 7) is 3.53. The number of hydrogen-bond acceptors (Lipinski definition) is 2. The zero-order valence-electron chi connectivity index (χ0n) is 12.9. The van der Waals surface area contributed by atoms with Crippen molar-refractivity contribution in [3.8, 4) is 0 Å². The number of halogens is 2. The van der Waals surface area contributed by atoms with Crippen molar-refractivity contribution in [1.82, 2.24) is 10.3 Å². The third-order valence-electron chi connectivity index (χ3n) is 4.32. The molecule has 1 amide bonds. The van der Waals surface area contributed by atoms with Gasteiger partial charge in [-0.25, -0.2) is 4.39 Å². The third kappa shape index (κ3) is 3.17. The van der Waals surface area contributed by atoms with Gasteiger partial charge in [0, 0.05) is 17.4 Å². The first-order valence-corrected chi connectivity index (χ1v) is 7.70. The fourth-order valence-electron chi connectivity index (χ4n) is 2.50. The van der Waals surface area contributed by atoms with Crippen LogP contribution >= 0.6 is 11.6 Å². The van der Waals surface area contributed by atoms with Gasteiger partial charge < -0.3 is 15.4 Å². The monoisotopic (exact) mass is 340 g/mol. The SMILES string of the molecule is CCC(CC)(CNC(=O)c1[nH]c2ccc(F)cc2c1Cl)C(=O)O. The number of H-pyrrole nitrogens is 1. The molecule has 0 aliphatic rings. The van der Waals surface area contributed by atoms with Crippen molar-refractivity contribution in [3.63, 3.8) is 0 Å². The van der Waals surface area contributed by atoms with Crippen LogP contribution in [-0.2, 0) is 4.79 Å². The van der Waals surface area contributed by atoms with Gasteiger partial charge >= 0.3 is 5.97 Å². The molecule has 5 nitrogen and oxygen atoms in total. The van der Waals surface area contributed by atoms with Gasteiger partial charge in [-0.2, -0.15) is 0 Å². The van der Waals surface area contributed by atoms with E-state index in [1.807, 2.05) is 0 Å². The van der Waals surface area contributed by atoms with E-state index in [1.54, 1.807) is 13.8 Å². The van der Waals surface area contributed by atoms with Gasteiger partial charge in [-0.15, -0.1) is 0 Å². The summed E-state index contributed by atoms with van der Waals surface area (Å²) in [5.41, 5.74) is -0.379. The molecule has 0 fully saturated rings. The van der Waals surface area contributed by atoms with Crippen LogP contribution in [-0.4, -0.2) is 28.5 Å². The van der Waals surface area contributed by atoms with Gasteiger partial charge in [0.1, 0.15) is 11.5 Å². The largest absolute Gasteiger partial charge is 0.481 e. The lowest BCUT2D eigenvalue weighted by molar-refractivity contribution is -0.149. The molecular formula is C16H18ClFN2O3. The van der Waals surface area contributed by atoms with Crippen LogP contribution in [0.25, 0.3) is 10.9 Å². The first kappa shape index (κ1) is 17.3. The number of carboxylic acids is 1. The molecule has 0 unspecified atom stereocenters. The number of aromatic amines is 1. The molecule has 0 radical (unpaired) electrons. The molecule has 0 aliphatic carbocycles. The normalized spacial score (nSPS) is 11.7. The Hall–Kier alpha value is -2.08. The van der Waals surface area contributed by atoms with E-state index in [2.05, 4.69) is 10.3 Å². The fourth-order valence-corrected chi connectivity index (χ4v) is 2.79. The molecule has 1 aromatic carbocycles. The minimum atomic E-state index is -1.01. The number of amides is 1.